The maximum atomic E-state index is 10.8. The lowest BCUT2D eigenvalue weighted by Crippen LogP contribution is -2.34. The number of hydrogen-bond donors (Lipinski definition) is 2. The van der Waals surface area contributed by atoms with E-state index >= 15 is 0 Å². The van der Waals surface area contributed by atoms with Crippen LogP contribution in [0.3, 0.4) is 0 Å². The highest BCUT2D eigenvalue weighted by atomic mass is 35.5. The van der Waals surface area contributed by atoms with E-state index in [-0.39, 0.29) is 21.5 Å². The van der Waals surface area contributed by atoms with Gasteiger partial charge in [-0.05, 0) is 0 Å². The molecule has 0 saturated carbocycles. The van der Waals surface area contributed by atoms with Gasteiger partial charge in [0.25, 0.3) is 11.6 Å². The zero-order valence-electron chi connectivity index (χ0n) is 8.28. The largest absolute Gasteiger partial charge is 0.481 e. The molecule has 3 N–H and O–H groups in total. The number of hydrogen-bond acceptors (Lipinski definition) is 5. The quantitative estimate of drug-likeness (QED) is 0.373. The van der Waals surface area contributed by atoms with Gasteiger partial charge >= 0.3 is 0 Å². The summed E-state index contributed by atoms with van der Waals surface area (Å²) >= 11 is 11.5. The first-order valence-corrected chi connectivity index (χ1v) is 4.97. The number of ether oxygens (including phenoxy) is 1. The average molecular weight is 280 g/mol. The van der Waals surface area contributed by atoms with E-state index in [0.29, 0.717) is 0 Å². The van der Waals surface area contributed by atoms with Crippen LogP contribution in [0.25, 0.3) is 0 Å². The molecule has 1 rings (SSSR count). The molecule has 0 atom stereocenters. The van der Waals surface area contributed by atoms with Crippen molar-refractivity contribution in [3.05, 3.63) is 32.3 Å². The SMILES string of the molecule is NNC(=O)COc1c(Cl)cc([N+](=O)[O-])cc1Cl. The monoisotopic (exact) mass is 279 g/mol. The molecule has 0 radical (unpaired) electrons. The van der Waals surface area contributed by atoms with Gasteiger partial charge in [0.05, 0.1) is 15.0 Å². The lowest BCUT2D eigenvalue weighted by atomic mass is 10.3. The number of nitrogens with one attached hydrogen (secondary N) is 1. The van der Waals surface area contributed by atoms with Gasteiger partial charge in [0.2, 0.25) is 0 Å². The molecule has 0 aliphatic heterocycles. The van der Waals surface area contributed by atoms with Crippen LogP contribution in [-0.4, -0.2) is 17.4 Å². The minimum absolute atomic E-state index is 0.0115. The molecule has 9 heteroatoms. The van der Waals surface area contributed by atoms with Crippen molar-refractivity contribution < 1.29 is 14.5 Å². The molecular formula is C8H7Cl2N3O4. The van der Waals surface area contributed by atoms with Crippen LogP contribution in [0.5, 0.6) is 5.75 Å². The van der Waals surface area contributed by atoms with Crippen LogP contribution in [0.1, 0.15) is 0 Å². The maximum absolute atomic E-state index is 10.8. The van der Waals surface area contributed by atoms with Crippen molar-refractivity contribution in [3.63, 3.8) is 0 Å². The van der Waals surface area contributed by atoms with Gasteiger partial charge in [-0.2, -0.15) is 0 Å². The molecule has 17 heavy (non-hydrogen) atoms. The van der Waals surface area contributed by atoms with Gasteiger partial charge in [0.15, 0.2) is 12.4 Å². The third kappa shape index (κ3) is 3.45. The van der Waals surface area contributed by atoms with Crippen molar-refractivity contribution in [3.8, 4) is 5.75 Å². The molecule has 0 saturated heterocycles. The molecule has 92 valence electrons. The summed E-state index contributed by atoms with van der Waals surface area (Å²) in [7, 11) is 0. The highest BCUT2D eigenvalue weighted by molar-refractivity contribution is 6.37. The number of nitrogens with two attached hydrogens (primary N) is 1. The minimum atomic E-state index is -0.645. The van der Waals surface area contributed by atoms with E-state index in [9.17, 15) is 14.9 Å². The Bertz CT molecular complexity index is 443. The van der Waals surface area contributed by atoms with Gasteiger partial charge in [-0.15, -0.1) is 0 Å². The number of nitro groups is 1. The summed E-state index contributed by atoms with van der Waals surface area (Å²) in [6, 6.07) is 2.15. The molecule has 0 aliphatic carbocycles. The first-order chi connectivity index (χ1) is 7.95. The molecule has 0 heterocycles. The van der Waals surface area contributed by atoms with Crippen LogP contribution in [-0.2, 0) is 4.79 Å². The summed E-state index contributed by atoms with van der Waals surface area (Å²) in [6.45, 7) is -0.395. The van der Waals surface area contributed by atoms with Crippen molar-refractivity contribution in [2.75, 3.05) is 6.61 Å². The average Bonchev–Trinajstić information content (AvgIpc) is 2.27. The second-order valence-electron chi connectivity index (χ2n) is 2.85. The summed E-state index contributed by atoms with van der Waals surface area (Å²) < 4.78 is 4.98. The summed E-state index contributed by atoms with van der Waals surface area (Å²) in [6.07, 6.45) is 0. The number of nitrogens with zero attached hydrogens (tertiary/aromatic N) is 1. The lowest BCUT2D eigenvalue weighted by molar-refractivity contribution is -0.384. The molecule has 0 fully saturated rings. The Morgan fingerprint density at radius 3 is 2.41 bits per heavy atom. The Morgan fingerprint density at radius 1 is 1.47 bits per heavy atom. The fourth-order valence-electron chi connectivity index (χ4n) is 0.969. The first kappa shape index (κ1) is 13.5. The lowest BCUT2D eigenvalue weighted by Gasteiger charge is -2.08. The standard InChI is InChI=1S/C8H7Cl2N3O4/c9-5-1-4(13(15)16)2-6(10)8(5)17-3-7(14)12-11/h1-2H,3,11H2,(H,12,14). The molecule has 1 amide bonds. The van der Waals surface area contributed by atoms with Gasteiger partial charge in [-0.3, -0.25) is 20.3 Å². The van der Waals surface area contributed by atoms with Gasteiger partial charge in [0.1, 0.15) is 0 Å². The number of halogens is 2. The number of amides is 1. The van der Waals surface area contributed by atoms with E-state index in [1.54, 1.807) is 0 Å². The number of non-ortho nitro benzene ring substituents is 1. The predicted molar refractivity (Wildman–Crippen MR) is 60.9 cm³/mol. The Hall–Kier alpha value is -1.57. The van der Waals surface area contributed by atoms with Gasteiger partial charge in [-0.1, -0.05) is 23.2 Å². The van der Waals surface area contributed by atoms with Crippen LogP contribution in [0.15, 0.2) is 12.1 Å². The van der Waals surface area contributed by atoms with E-state index in [1.165, 1.54) is 0 Å². The van der Waals surface area contributed by atoms with Crippen LogP contribution in [0.4, 0.5) is 5.69 Å². The Morgan fingerprint density at radius 2 is 2.00 bits per heavy atom. The number of nitro benzene ring substituents is 1. The minimum Gasteiger partial charge on any atom is -0.481 e. The smallest absolute Gasteiger partial charge is 0.272 e. The number of benzene rings is 1. The number of carbonyl (C=O) groups is 1. The third-order valence-corrected chi connectivity index (χ3v) is 2.26. The Labute approximate surface area is 106 Å². The van der Waals surface area contributed by atoms with E-state index < -0.39 is 17.4 Å². The molecule has 1 aromatic carbocycles. The molecule has 0 spiro atoms. The van der Waals surface area contributed by atoms with E-state index in [1.807, 2.05) is 5.43 Å². The topological polar surface area (TPSA) is 107 Å². The maximum Gasteiger partial charge on any atom is 0.272 e. The zero-order chi connectivity index (χ0) is 13.0. The highest BCUT2D eigenvalue weighted by Crippen LogP contribution is 2.36. The summed E-state index contributed by atoms with van der Waals surface area (Å²) in [5.74, 6) is 4.24. The van der Waals surface area contributed by atoms with Crippen LogP contribution >= 0.6 is 23.2 Å². The Kier molecular flexibility index (Phi) is 4.50. The molecule has 7 nitrogen and oxygen atoms in total. The van der Waals surface area contributed by atoms with Crippen LogP contribution in [0, 0.1) is 10.1 Å². The van der Waals surface area contributed by atoms with Crippen molar-refractivity contribution in [2.24, 2.45) is 5.84 Å². The number of hydrazine groups is 1. The van der Waals surface area contributed by atoms with Crippen molar-refractivity contribution >= 4 is 34.8 Å². The molecular weight excluding hydrogens is 273 g/mol. The van der Waals surface area contributed by atoms with E-state index in [2.05, 4.69) is 0 Å². The summed E-state index contributed by atoms with van der Waals surface area (Å²) in [4.78, 5) is 20.7. The molecule has 1 aromatic rings. The fraction of sp³-hybridized carbons (Fsp3) is 0.125. The van der Waals surface area contributed by atoms with Crippen LogP contribution < -0.4 is 16.0 Å². The zero-order valence-corrected chi connectivity index (χ0v) is 9.79. The van der Waals surface area contributed by atoms with E-state index in [4.69, 9.17) is 33.8 Å². The van der Waals surface area contributed by atoms with E-state index in [0.717, 1.165) is 12.1 Å². The number of rotatable bonds is 4. The third-order valence-electron chi connectivity index (χ3n) is 1.70. The number of carbonyl (C=O) groups excluding carboxylic acids is 1. The second kappa shape index (κ2) is 5.67. The Balaban J connectivity index is 2.94. The van der Waals surface area contributed by atoms with Crippen molar-refractivity contribution in [1.29, 1.82) is 0 Å². The predicted octanol–water partition coefficient (Wildman–Crippen LogP) is 1.27. The molecule has 0 aromatic heterocycles. The van der Waals surface area contributed by atoms with Crippen molar-refractivity contribution in [1.82, 2.24) is 5.43 Å². The van der Waals surface area contributed by atoms with Crippen LogP contribution in [0.2, 0.25) is 10.0 Å². The summed E-state index contributed by atoms with van der Waals surface area (Å²) in [5, 5.41) is 10.4. The van der Waals surface area contributed by atoms with Gasteiger partial charge in [-0.25, -0.2) is 5.84 Å². The summed E-state index contributed by atoms with van der Waals surface area (Å²) in [5.41, 5.74) is 1.58. The van der Waals surface area contributed by atoms with Gasteiger partial charge in [0, 0.05) is 12.1 Å². The second-order valence-corrected chi connectivity index (χ2v) is 3.67. The fourth-order valence-corrected chi connectivity index (χ4v) is 1.55. The first-order valence-electron chi connectivity index (χ1n) is 4.21. The van der Waals surface area contributed by atoms with Gasteiger partial charge < -0.3 is 4.74 Å². The molecule has 0 aliphatic rings. The molecule has 0 bridgehead atoms. The highest BCUT2D eigenvalue weighted by Gasteiger charge is 2.16. The molecule has 0 unspecified atom stereocenters. The van der Waals surface area contributed by atoms with Crippen molar-refractivity contribution in [2.45, 2.75) is 0 Å². The normalized spacial score (nSPS) is 9.82.